The topological polar surface area (TPSA) is 35.1 Å². The molecule has 0 aliphatic carbocycles. The second-order valence-corrected chi connectivity index (χ2v) is 8.41. The fraction of sp³-hybridized carbons (Fsp3) is 0.118. The molecule has 0 radical (unpaired) electrons. The molecule has 0 atom stereocenters. The van der Waals surface area contributed by atoms with Gasteiger partial charge in [0.1, 0.15) is 11.5 Å². The number of aliphatic imine (C=N–C) groups is 1. The maximum atomic E-state index is 4.91. The third-order valence-corrected chi connectivity index (χ3v) is 6.27. The minimum absolute atomic E-state index is 0.781. The molecular weight excluding hydrogens is 464 g/mol. The summed E-state index contributed by atoms with van der Waals surface area (Å²) in [6.07, 6.45) is 16.0. The van der Waals surface area contributed by atoms with Crippen LogP contribution >= 0.6 is 0 Å². The first-order chi connectivity index (χ1) is 18.7. The van der Waals surface area contributed by atoms with E-state index in [2.05, 4.69) is 100 Å². The third kappa shape index (κ3) is 4.69. The van der Waals surface area contributed by atoms with Gasteiger partial charge in [0.15, 0.2) is 0 Å². The van der Waals surface area contributed by atoms with Crippen LogP contribution in [0.15, 0.2) is 115 Å². The molecule has 38 heavy (non-hydrogen) atoms. The lowest BCUT2D eigenvalue weighted by atomic mass is 10.1. The number of pyridine rings is 1. The zero-order valence-electron chi connectivity index (χ0n) is 22.6. The van der Waals surface area contributed by atoms with Gasteiger partial charge in [-0.15, -0.1) is 0 Å². The van der Waals surface area contributed by atoms with Gasteiger partial charge in [0.2, 0.25) is 0 Å². The van der Waals surface area contributed by atoms with Crippen LogP contribution in [0.3, 0.4) is 0 Å². The van der Waals surface area contributed by atoms with Crippen LogP contribution < -0.4 is 0 Å². The van der Waals surface area contributed by atoms with Gasteiger partial charge in [-0.25, -0.2) is 9.98 Å². The van der Waals surface area contributed by atoms with Crippen molar-refractivity contribution in [3.8, 4) is 16.8 Å². The van der Waals surface area contributed by atoms with Crippen molar-refractivity contribution in [3.05, 3.63) is 116 Å². The van der Waals surface area contributed by atoms with E-state index in [4.69, 9.17) is 4.98 Å². The summed E-state index contributed by atoms with van der Waals surface area (Å²) >= 11 is 0. The van der Waals surface area contributed by atoms with E-state index in [1.165, 1.54) is 11.1 Å². The molecule has 0 amide bonds. The summed E-state index contributed by atoms with van der Waals surface area (Å²) in [5.74, 6) is 0.781. The van der Waals surface area contributed by atoms with E-state index >= 15 is 0 Å². The number of hydrogen-bond donors (Lipinski definition) is 0. The largest absolute Gasteiger partial charge is 0.301 e. The molecule has 3 heterocycles. The second-order valence-electron chi connectivity index (χ2n) is 8.41. The SMILES string of the molecule is C=C/C=C(\C=C/C)n1c(N=C)c(/C=C\C)c2cnc3c(ccn3-c3ccc(-c4ccccc4)cc3)c21.CC. The zero-order valence-corrected chi connectivity index (χ0v) is 22.6. The van der Waals surface area contributed by atoms with Gasteiger partial charge in [-0.3, -0.25) is 4.57 Å². The van der Waals surface area contributed by atoms with Crippen LogP contribution in [0, 0.1) is 0 Å². The quantitative estimate of drug-likeness (QED) is 0.162. The Kier molecular flexibility index (Phi) is 8.34. The number of fused-ring (bicyclic) bond motifs is 3. The molecule has 5 rings (SSSR count). The van der Waals surface area contributed by atoms with Crippen LogP contribution in [-0.2, 0) is 0 Å². The highest BCUT2D eigenvalue weighted by Crippen LogP contribution is 2.40. The predicted octanol–water partition coefficient (Wildman–Crippen LogP) is 9.64. The molecule has 0 bridgehead atoms. The molecule has 0 saturated heterocycles. The molecule has 0 unspecified atom stereocenters. The van der Waals surface area contributed by atoms with Gasteiger partial charge < -0.3 is 4.57 Å². The minimum atomic E-state index is 0.781. The standard InChI is InChI=1S/C32H28N4.C2H6/c1-5-11-26(12-6-2)36-30-28-20-21-35(25-18-16-24(17-19-25)23-14-9-8-10-15-23)32(28)34-22-29(30)27(13-7-3)31(36)33-4;1-2/h5-22H,1,4H2,2-3H3;1-2H3/b12-6-,13-7-,26-11+;. The maximum absolute atomic E-state index is 4.91. The van der Waals surface area contributed by atoms with E-state index < -0.39 is 0 Å². The van der Waals surface area contributed by atoms with E-state index in [1.54, 1.807) is 6.08 Å². The van der Waals surface area contributed by atoms with Crippen LogP contribution in [0.2, 0.25) is 0 Å². The number of allylic oxidation sites excluding steroid dienone is 6. The predicted molar refractivity (Wildman–Crippen MR) is 167 cm³/mol. The smallest absolute Gasteiger partial charge is 0.146 e. The number of rotatable bonds is 7. The van der Waals surface area contributed by atoms with Crippen molar-refractivity contribution in [1.82, 2.24) is 14.1 Å². The Labute approximate surface area is 225 Å². The molecule has 0 saturated carbocycles. The van der Waals surface area contributed by atoms with Crippen molar-refractivity contribution in [3.63, 3.8) is 0 Å². The van der Waals surface area contributed by atoms with Crippen LogP contribution in [0.1, 0.15) is 33.3 Å². The first kappa shape index (κ1) is 26.4. The monoisotopic (exact) mass is 498 g/mol. The molecular formula is C34H34N4. The van der Waals surface area contributed by atoms with Crippen molar-refractivity contribution in [2.75, 3.05) is 0 Å². The van der Waals surface area contributed by atoms with Crippen molar-refractivity contribution in [2.24, 2.45) is 4.99 Å². The maximum Gasteiger partial charge on any atom is 0.146 e. The van der Waals surface area contributed by atoms with E-state index in [9.17, 15) is 0 Å². The average molecular weight is 499 g/mol. The van der Waals surface area contributed by atoms with Crippen molar-refractivity contribution >= 4 is 46.2 Å². The Morgan fingerprint density at radius 2 is 1.61 bits per heavy atom. The molecule has 190 valence electrons. The Morgan fingerprint density at radius 1 is 0.895 bits per heavy atom. The molecule has 4 nitrogen and oxygen atoms in total. The van der Waals surface area contributed by atoms with Gasteiger partial charge in [-0.2, -0.15) is 0 Å². The highest BCUT2D eigenvalue weighted by atomic mass is 15.1. The first-order valence-corrected chi connectivity index (χ1v) is 13.0. The Balaban J connectivity index is 0.00000164. The Hall–Kier alpha value is -4.70. The van der Waals surface area contributed by atoms with Gasteiger partial charge in [-0.05, 0) is 62.0 Å². The summed E-state index contributed by atoms with van der Waals surface area (Å²) in [5.41, 5.74) is 7.32. The van der Waals surface area contributed by atoms with Crippen LogP contribution in [-0.4, -0.2) is 20.8 Å². The average Bonchev–Trinajstić information content (AvgIpc) is 3.54. The van der Waals surface area contributed by atoms with Crippen LogP contribution in [0.25, 0.3) is 50.5 Å². The van der Waals surface area contributed by atoms with E-state index in [-0.39, 0.29) is 0 Å². The molecule has 0 spiro atoms. The molecule has 5 aromatic rings. The van der Waals surface area contributed by atoms with Gasteiger partial charge in [0, 0.05) is 40.1 Å². The fourth-order valence-electron chi connectivity index (χ4n) is 4.75. The lowest BCUT2D eigenvalue weighted by Crippen LogP contribution is -1.97. The summed E-state index contributed by atoms with van der Waals surface area (Å²) in [6.45, 7) is 15.8. The highest BCUT2D eigenvalue weighted by molar-refractivity contribution is 6.11. The zero-order chi connectivity index (χ0) is 27.1. The van der Waals surface area contributed by atoms with Gasteiger partial charge in [-0.1, -0.05) is 87.2 Å². The second kappa shape index (κ2) is 12.0. The Bertz CT molecular complexity index is 1660. The van der Waals surface area contributed by atoms with Crippen molar-refractivity contribution in [2.45, 2.75) is 27.7 Å². The van der Waals surface area contributed by atoms with Gasteiger partial charge in [0.05, 0.1) is 5.52 Å². The lowest BCUT2D eigenvalue weighted by molar-refractivity contribution is 1.09. The van der Waals surface area contributed by atoms with Crippen LogP contribution in [0.5, 0.6) is 0 Å². The number of nitrogens with zero attached hydrogens (tertiary/aromatic N) is 4. The summed E-state index contributed by atoms with van der Waals surface area (Å²) in [6, 6.07) is 21.1. The molecule has 0 fully saturated rings. The lowest BCUT2D eigenvalue weighted by Gasteiger charge is -2.10. The number of benzene rings is 2. The highest BCUT2D eigenvalue weighted by Gasteiger charge is 2.20. The number of aromatic nitrogens is 3. The number of hydrogen-bond acceptors (Lipinski definition) is 2. The van der Waals surface area contributed by atoms with E-state index in [1.807, 2.05) is 58.2 Å². The van der Waals surface area contributed by atoms with Crippen molar-refractivity contribution < 1.29 is 0 Å². The molecule has 0 aliphatic rings. The summed E-state index contributed by atoms with van der Waals surface area (Å²) in [5, 5.41) is 2.07. The summed E-state index contributed by atoms with van der Waals surface area (Å²) < 4.78 is 4.27. The Morgan fingerprint density at radius 3 is 2.24 bits per heavy atom. The van der Waals surface area contributed by atoms with Crippen molar-refractivity contribution in [1.29, 1.82) is 0 Å². The first-order valence-electron chi connectivity index (χ1n) is 13.0. The molecule has 4 heteroatoms. The van der Waals surface area contributed by atoms with Crippen LogP contribution in [0.4, 0.5) is 5.82 Å². The third-order valence-electron chi connectivity index (χ3n) is 6.27. The molecule has 0 N–H and O–H groups in total. The molecule has 3 aromatic heterocycles. The van der Waals surface area contributed by atoms with E-state index in [0.717, 1.165) is 44.7 Å². The van der Waals surface area contributed by atoms with E-state index in [0.29, 0.717) is 0 Å². The minimum Gasteiger partial charge on any atom is -0.301 e. The molecule has 0 aliphatic heterocycles. The molecule has 2 aromatic carbocycles. The van der Waals surface area contributed by atoms with Gasteiger partial charge >= 0.3 is 0 Å². The fourth-order valence-corrected chi connectivity index (χ4v) is 4.75. The summed E-state index contributed by atoms with van der Waals surface area (Å²) in [7, 11) is 0. The van der Waals surface area contributed by atoms with Gasteiger partial charge in [0.25, 0.3) is 0 Å². The normalized spacial score (nSPS) is 11.8. The summed E-state index contributed by atoms with van der Waals surface area (Å²) in [4.78, 5) is 9.35.